The fraction of sp³-hybridized carbons (Fsp3) is 0.393. The lowest BCUT2D eigenvalue weighted by Gasteiger charge is -2.28. The smallest absolute Gasteiger partial charge is 0.339 e. The minimum absolute atomic E-state index is 0.338. The molecule has 1 fully saturated rings. The molecule has 0 unspecified atom stereocenters. The standard InChI is InChI=1S/C28H33N3O3/c1-3-10-24-22(4-2)27(23-11-6-7-12-25(23)30-24)28(33)34-19-26(32)29-20-13-15-21(16-14-20)31-17-8-5-9-18-31/h6-7,11-16H,3-5,8-10,17-19H2,1-2H3,(H,29,32). The minimum Gasteiger partial charge on any atom is -0.452 e. The maximum absolute atomic E-state index is 13.1. The molecular formula is C28H33N3O3. The van der Waals surface area contributed by atoms with E-state index >= 15 is 0 Å². The van der Waals surface area contributed by atoms with Gasteiger partial charge in [0.2, 0.25) is 0 Å². The van der Waals surface area contributed by atoms with Gasteiger partial charge in [0, 0.05) is 35.5 Å². The molecule has 1 amide bonds. The first-order chi connectivity index (χ1) is 16.6. The van der Waals surface area contributed by atoms with Gasteiger partial charge in [-0.05, 0) is 68.0 Å². The zero-order chi connectivity index (χ0) is 23.9. The van der Waals surface area contributed by atoms with Gasteiger partial charge in [0.1, 0.15) is 0 Å². The van der Waals surface area contributed by atoms with Crippen LogP contribution in [0.4, 0.5) is 11.4 Å². The van der Waals surface area contributed by atoms with Crippen LogP contribution in [0.2, 0.25) is 0 Å². The predicted octanol–water partition coefficient (Wildman–Crippen LogP) is 5.54. The number of pyridine rings is 1. The Morgan fingerprint density at radius 2 is 1.74 bits per heavy atom. The number of anilines is 2. The first-order valence-corrected chi connectivity index (χ1v) is 12.3. The Kier molecular flexibility index (Phi) is 7.78. The molecule has 0 spiro atoms. The van der Waals surface area contributed by atoms with E-state index in [9.17, 15) is 9.59 Å². The summed E-state index contributed by atoms with van der Waals surface area (Å²) in [5.41, 5.74) is 4.98. The third-order valence-corrected chi connectivity index (χ3v) is 6.33. The molecule has 0 atom stereocenters. The number of hydrogen-bond donors (Lipinski definition) is 1. The van der Waals surface area contributed by atoms with Crippen LogP contribution in [0.15, 0.2) is 48.5 Å². The van der Waals surface area contributed by atoms with Gasteiger partial charge in [-0.15, -0.1) is 0 Å². The summed E-state index contributed by atoms with van der Waals surface area (Å²) in [6.07, 6.45) is 6.13. The van der Waals surface area contributed by atoms with E-state index < -0.39 is 5.97 Å². The molecule has 6 nitrogen and oxygen atoms in total. The number of hydrogen-bond acceptors (Lipinski definition) is 5. The highest BCUT2D eigenvalue weighted by atomic mass is 16.5. The molecule has 178 valence electrons. The number of aromatic nitrogens is 1. The average molecular weight is 460 g/mol. The van der Waals surface area contributed by atoms with E-state index in [0.29, 0.717) is 17.7 Å². The number of ether oxygens (including phenoxy) is 1. The van der Waals surface area contributed by atoms with E-state index in [4.69, 9.17) is 9.72 Å². The third-order valence-electron chi connectivity index (χ3n) is 6.33. The number of fused-ring (bicyclic) bond motifs is 1. The number of amides is 1. The van der Waals surface area contributed by atoms with Crippen LogP contribution in [-0.2, 0) is 22.4 Å². The SMILES string of the molecule is CCCc1nc2ccccc2c(C(=O)OCC(=O)Nc2ccc(N3CCCCC3)cc2)c1CC. The van der Waals surface area contributed by atoms with E-state index in [1.807, 2.05) is 55.5 Å². The molecule has 1 aliphatic heterocycles. The van der Waals surface area contributed by atoms with Crippen molar-refractivity contribution < 1.29 is 14.3 Å². The van der Waals surface area contributed by atoms with Gasteiger partial charge in [-0.3, -0.25) is 9.78 Å². The molecule has 1 saturated heterocycles. The van der Waals surface area contributed by atoms with Crippen molar-refractivity contribution in [3.63, 3.8) is 0 Å². The van der Waals surface area contributed by atoms with Gasteiger partial charge < -0.3 is 15.0 Å². The van der Waals surface area contributed by atoms with E-state index in [0.717, 1.165) is 48.1 Å². The first kappa shape index (κ1) is 23.7. The summed E-state index contributed by atoms with van der Waals surface area (Å²) in [6, 6.07) is 15.4. The maximum Gasteiger partial charge on any atom is 0.339 e. The van der Waals surface area contributed by atoms with Gasteiger partial charge in [-0.1, -0.05) is 38.5 Å². The largest absolute Gasteiger partial charge is 0.452 e. The second-order valence-corrected chi connectivity index (χ2v) is 8.75. The minimum atomic E-state index is -0.483. The molecule has 4 rings (SSSR count). The number of piperidine rings is 1. The summed E-state index contributed by atoms with van der Waals surface area (Å²) in [6.45, 7) is 5.92. The van der Waals surface area contributed by atoms with Crippen molar-refractivity contribution in [2.24, 2.45) is 0 Å². The van der Waals surface area contributed by atoms with Crippen LogP contribution in [0.3, 0.4) is 0 Å². The molecule has 1 N–H and O–H groups in total. The number of rotatable bonds is 8. The summed E-state index contributed by atoms with van der Waals surface area (Å²) < 4.78 is 5.48. The normalized spacial score (nSPS) is 13.6. The van der Waals surface area contributed by atoms with Gasteiger partial charge >= 0.3 is 5.97 Å². The number of nitrogens with zero attached hydrogens (tertiary/aromatic N) is 2. The van der Waals surface area contributed by atoms with Gasteiger partial charge in [-0.2, -0.15) is 0 Å². The van der Waals surface area contributed by atoms with Crippen molar-refractivity contribution in [2.45, 2.75) is 52.4 Å². The van der Waals surface area contributed by atoms with Crippen LogP contribution in [0.1, 0.15) is 61.1 Å². The summed E-state index contributed by atoms with van der Waals surface area (Å²) in [5, 5.41) is 3.59. The summed E-state index contributed by atoms with van der Waals surface area (Å²) in [7, 11) is 0. The molecule has 0 saturated carbocycles. The molecule has 0 radical (unpaired) electrons. The van der Waals surface area contributed by atoms with Crippen molar-refractivity contribution in [3.05, 3.63) is 65.4 Å². The number of para-hydroxylation sites is 1. The van der Waals surface area contributed by atoms with Gasteiger partial charge in [0.15, 0.2) is 6.61 Å². The molecule has 0 bridgehead atoms. The first-order valence-electron chi connectivity index (χ1n) is 12.3. The fourth-order valence-electron chi connectivity index (χ4n) is 4.67. The third kappa shape index (κ3) is 5.38. The van der Waals surface area contributed by atoms with Crippen molar-refractivity contribution in [3.8, 4) is 0 Å². The number of carbonyl (C=O) groups is 2. The lowest BCUT2D eigenvalue weighted by Crippen LogP contribution is -2.29. The average Bonchev–Trinajstić information content (AvgIpc) is 2.87. The van der Waals surface area contributed by atoms with Crippen LogP contribution in [0.25, 0.3) is 10.9 Å². The van der Waals surface area contributed by atoms with Gasteiger partial charge in [0.25, 0.3) is 5.91 Å². The number of nitrogens with one attached hydrogen (secondary N) is 1. The van der Waals surface area contributed by atoms with E-state index in [-0.39, 0.29) is 12.5 Å². The Labute approximate surface area is 201 Å². The highest BCUT2D eigenvalue weighted by Crippen LogP contribution is 2.26. The van der Waals surface area contributed by atoms with Gasteiger partial charge in [0.05, 0.1) is 11.1 Å². The Bertz CT molecular complexity index is 1150. The quantitative estimate of drug-likeness (QED) is 0.448. The molecule has 0 aliphatic carbocycles. The molecular weight excluding hydrogens is 426 g/mol. The van der Waals surface area contributed by atoms with E-state index in [1.165, 1.54) is 24.9 Å². The Morgan fingerprint density at radius 3 is 2.44 bits per heavy atom. The fourth-order valence-corrected chi connectivity index (χ4v) is 4.67. The Morgan fingerprint density at radius 1 is 1.00 bits per heavy atom. The molecule has 1 aromatic heterocycles. The predicted molar refractivity (Wildman–Crippen MR) is 137 cm³/mol. The van der Waals surface area contributed by atoms with Crippen LogP contribution in [0, 0.1) is 0 Å². The second-order valence-electron chi connectivity index (χ2n) is 8.75. The Balaban J connectivity index is 1.43. The van der Waals surface area contributed by atoms with Crippen LogP contribution in [-0.4, -0.2) is 36.6 Å². The highest BCUT2D eigenvalue weighted by Gasteiger charge is 2.21. The van der Waals surface area contributed by atoms with Gasteiger partial charge in [-0.25, -0.2) is 4.79 Å². The van der Waals surface area contributed by atoms with Crippen LogP contribution < -0.4 is 10.2 Å². The summed E-state index contributed by atoms with van der Waals surface area (Å²) in [4.78, 5) is 32.8. The molecule has 3 aromatic rings. The molecule has 34 heavy (non-hydrogen) atoms. The number of carbonyl (C=O) groups excluding carboxylic acids is 2. The zero-order valence-corrected chi connectivity index (χ0v) is 20.1. The summed E-state index contributed by atoms with van der Waals surface area (Å²) in [5.74, 6) is -0.840. The lowest BCUT2D eigenvalue weighted by atomic mass is 9.96. The molecule has 2 heterocycles. The topological polar surface area (TPSA) is 71.5 Å². The van der Waals surface area contributed by atoms with Crippen molar-refractivity contribution in [1.82, 2.24) is 4.98 Å². The molecule has 2 aromatic carbocycles. The lowest BCUT2D eigenvalue weighted by molar-refractivity contribution is -0.119. The zero-order valence-electron chi connectivity index (χ0n) is 20.1. The number of benzene rings is 2. The molecule has 6 heteroatoms. The van der Waals surface area contributed by atoms with E-state index in [2.05, 4.69) is 17.1 Å². The van der Waals surface area contributed by atoms with Crippen molar-refractivity contribution >= 4 is 34.2 Å². The highest BCUT2D eigenvalue weighted by molar-refractivity contribution is 6.06. The molecule has 1 aliphatic rings. The summed E-state index contributed by atoms with van der Waals surface area (Å²) >= 11 is 0. The number of aryl methyl sites for hydroxylation is 1. The number of esters is 1. The van der Waals surface area contributed by atoms with Crippen LogP contribution >= 0.6 is 0 Å². The van der Waals surface area contributed by atoms with E-state index in [1.54, 1.807) is 0 Å². The monoisotopic (exact) mass is 459 g/mol. The Hall–Kier alpha value is -3.41. The maximum atomic E-state index is 13.1. The van der Waals surface area contributed by atoms with Crippen molar-refractivity contribution in [2.75, 3.05) is 29.9 Å². The van der Waals surface area contributed by atoms with Crippen molar-refractivity contribution in [1.29, 1.82) is 0 Å². The van der Waals surface area contributed by atoms with Crippen LogP contribution in [0.5, 0.6) is 0 Å². The second kappa shape index (κ2) is 11.1.